The summed E-state index contributed by atoms with van der Waals surface area (Å²) < 4.78 is 5.24. The lowest BCUT2D eigenvalue weighted by molar-refractivity contribution is -0.181. The van der Waals surface area contributed by atoms with E-state index in [1.165, 1.54) is 11.0 Å². The number of amides is 1. The lowest BCUT2D eigenvalue weighted by atomic mass is 9.52. The Hall–Kier alpha value is -3.73. The molecule has 4 N–H and O–H groups in total. The number of Topliss-reactive ketones (excluding diaryl/α,β-unsaturated/α-hetero) is 4. The fourth-order valence-corrected chi connectivity index (χ4v) is 6.87. The second-order valence-electron chi connectivity index (χ2n) is 10.9. The number of nitrogens with zero attached hydrogens (tertiary/aromatic N) is 1. The van der Waals surface area contributed by atoms with Crippen LogP contribution >= 0.6 is 0 Å². The van der Waals surface area contributed by atoms with Gasteiger partial charge < -0.3 is 20.7 Å². The smallest absolute Gasteiger partial charge is 0.235 e. The van der Waals surface area contributed by atoms with Crippen molar-refractivity contribution in [3.05, 3.63) is 53.1 Å². The van der Waals surface area contributed by atoms with Gasteiger partial charge in [0.1, 0.15) is 5.75 Å². The zero-order valence-corrected chi connectivity index (χ0v) is 21.8. The first-order valence-corrected chi connectivity index (χ1v) is 12.7. The third-order valence-corrected chi connectivity index (χ3v) is 8.49. The van der Waals surface area contributed by atoms with Gasteiger partial charge in [-0.15, -0.1) is 0 Å². The molecule has 0 heterocycles. The minimum atomic E-state index is -2.74. The van der Waals surface area contributed by atoms with Crippen LogP contribution in [0.15, 0.2) is 36.4 Å². The highest BCUT2D eigenvalue weighted by Gasteiger charge is 2.69. The van der Waals surface area contributed by atoms with E-state index < -0.39 is 64.4 Å². The molecule has 3 aliphatic carbocycles. The first-order valence-electron chi connectivity index (χ1n) is 12.7. The van der Waals surface area contributed by atoms with Gasteiger partial charge in [-0.2, -0.15) is 0 Å². The first-order chi connectivity index (χ1) is 18.4. The van der Waals surface area contributed by atoms with Crippen molar-refractivity contribution in [2.45, 2.75) is 31.1 Å². The Kier molecular flexibility index (Phi) is 6.53. The van der Waals surface area contributed by atoms with E-state index in [4.69, 9.17) is 10.5 Å². The number of carbonyl (C=O) groups excluding carboxylic acids is 5. The van der Waals surface area contributed by atoms with Crippen LogP contribution < -0.4 is 5.73 Å². The average molecular weight is 535 g/mol. The van der Waals surface area contributed by atoms with E-state index in [1.54, 1.807) is 27.3 Å². The Morgan fingerprint density at radius 2 is 1.85 bits per heavy atom. The molecular weight excluding hydrogens is 504 g/mol. The Bertz CT molecular complexity index is 1430. The first kappa shape index (κ1) is 26.9. The number of aliphatic hydroxyl groups is 1. The Labute approximate surface area is 224 Å². The molecule has 0 radical (unpaired) electrons. The third kappa shape index (κ3) is 3.85. The normalized spacial score (nSPS) is 30.1. The maximum Gasteiger partial charge on any atom is 0.235 e. The van der Waals surface area contributed by atoms with Crippen LogP contribution in [0.2, 0.25) is 0 Å². The van der Waals surface area contributed by atoms with Crippen LogP contribution in [0.4, 0.5) is 0 Å². The second-order valence-corrected chi connectivity index (χ2v) is 10.9. The molecule has 6 unspecified atom stereocenters. The number of hydrogen-bond donors (Lipinski definition) is 3. The van der Waals surface area contributed by atoms with Gasteiger partial charge in [0.2, 0.25) is 5.91 Å². The molecule has 0 bridgehead atoms. The Morgan fingerprint density at radius 1 is 1.13 bits per heavy atom. The van der Waals surface area contributed by atoms with Crippen molar-refractivity contribution in [2.24, 2.45) is 29.4 Å². The fraction of sp³-hybridized carbons (Fsp3) is 0.414. The predicted octanol–water partition coefficient (Wildman–Crippen LogP) is 0.680. The Morgan fingerprint density at radius 3 is 2.49 bits per heavy atom. The van der Waals surface area contributed by atoms with Crippen LogP contribution in [0.1, 0.15) is 27.9 Å². The Balaban J connectivity index is 1.64. The molecule has 0 aliphatic heterocycles. The third-order valence-electron chi connectivity index (χ3n) is 8.49. The highest BCUT2D eigenvalue weighted by atomic mass is 16.5. The number of primary amides is 1. The van der Waals surface area contributed by atoms with Crippen molar-refractivity contribution in [3.63, 3.8) is 0 Å². The summed E-state index contributed by atoms with van der Waals surface area (Å²) in [6, 6.07) is 9.51. The molecule has 2 fully saturated rings. The maximum absolute atomic E-state index is 13.9. The molecule has 0 aromatic heterocycles. The summed E-state index contributed by atoms with van der Waals surface area (Å²) in [4.78, 5) is 67.9. The summed E-state index contributed by atoms with van der Waals surface area (Å²) in [6.45, 7) is 0.382. The number of methoxy groups -OCH3 is 1. The van der Waals surface area contributed by atoms with E-state index in [2.05, 4.69) is 0 Å². The van der Waals surface area contributed by atoms with Gasteiger partial charge in [0, 0.05) is 13.0 Å². The van der Waals surface area contributed by atoms with Crippen LogP contribution in [0, 0.1) is 23.7 Å². The van der Waals surface area contributed by atoms with Gasteiger partial charge >= 0.3 is 0 Å². The SMILES string of the molecule is COCc1cccc(-c2ccc(O)c3c2CC2CC4C(N(C)C)C(=O)C(C(N)=O)C(=O)C4(O)C(=O)C2C3=O)c1. The van der Waals surface area contributed by atoms with Gasteiger partial charge in [0.05, 0.1) is 24.1 Å². The van der Waals surface area contributed by atoms with E-state index in [0.717, 1.165) is 11.1 Å². The zero-order chi connectivity index (χ0) is 28.4. The summed E-state index contributed by atoms with van der Waals surface area (Å²) in [5.41, 5.74) is 5.54. The monoisotopic (exact) mass is 534 g/mol. The van der Waals surface area contributed by atoms with Gasteiger partial charge in [-0.1, -0.05) is 24.3 Å². The lowest BCUT2D eigenvalue weighted by Crippen LogP contribution is -2.74. The number of ketones is 4. The number of carbonyl (C=O) groups is 5. The number of likely N-dealkylation sites (N-methyl/N-ethyl adjacent to an activating group) is 1. The molecule has 0 saturated heterocycles. The minimum absolute atomic E-state index is 0.00268. The number of rotatable bonds is 5. The number of nitrogens with two attached hydrogens (primary N) is 1. The highest BCUT2D eigenvalue weighted by molar-refractivity contribution is 6.32. The number of ether oxygens (including phenoxy) is 1. The predicted molar refractivity (Wildman–Crippen MR) is 138 cm³/mol. The van der Waals surface area contributed by atoms with E-state index >= 15 is 0 Å². The molecular formula is C29H30N2O8. The van der Waals surface area contributed by atoms with Crippen LogP contribution in [-0.2, 0) is 36.9 Å². The fourth-order valence-electron chi connectivity index (χ4n) is 6.87. The molecule has 2 saturated carbocycles. The largest absolute Gasteiger partial charge is 0.507 e. The minimum Gasteiger partial charge on any atom is -0.507 e. The highest BCUT2D eigenvalue weighted by Crippen LogP contribution is 2.51. The number of hydrogen-bond acceptors (Lipinski definition) is 9. The molecule has 2 aromatic rings. The number of fused-ring (bicyclic) bond motifs is 3. The average Bonchev–Trinajstić information content (AvgIpc) is 2.86. The van der Waals surface area contributed by atoms with Crippen molar-refractivity contribution in [1.29, 1.82) is 0 Å². The van der Waals surface area contributed by atoms with Crippen molar-refractivity contribution in [1.82, 2.24) is 4.90 Å². The summed E-state index contributed by atoms with van der Waals surface area (Å²) >= 11 is 0. The molecule has 6 atom stereocenters. The number of benzene rings is 2. The summed E-state index contributed by atoms with van der Waals surface area (Å²) in [6.07, 6.45) is 0.201. The van der Waals surface area contributed by atoms with Gasteiger partial charge in [-0.05, 0) is 67.2 Å². The summed E-state index contributed by atoms with van der Waals surface area (Å²) in [7, 11) is 4.69. The van der Waals surface area contributed by atoms with Crippen molar-refractivity contribution in [3.8, 4) is 16.9 Å². The van der Waals surface area contributed by atoms with Crippen LogP contribution in [0.5, 0.6) is 5.75 Å². The van der Waals surface area contributed by atoms with Gasteiger partial charge in [-0.25, -0.2) is 0 Å². The van der Waals surface area contributed by atoms with E-state index in [-0.39, 0.29) is 24.2 Å². The maximum atomic E-state index is 13.9. The topological polar surface area (TPSA) is 164 Å². The summed E-state index contributed by atoms with van der Waals surface area (Å²) in [5.74, 6) is -10.6. The van der Waals surface area contributed by atoms with E-state index in [0.29, 0.717) is 17.7 Å². The van der Waals surface area contributed by atoms with Crippen molar-refractivity contribution < 1.29 is 38.9 Å². The molecule has 2 aromatic carbocycles. The molecule has 5 rings (SSSR count). The standard InChI is InChI=1S/C29H30N2O8/c1-31(2)23-18-11-15-10-17-16(14-6-4-5-13(9-14)12-39-3)7-8-19(32)21(17)24(33)20(15)26(35)29(18,38)27(36)22(25(23)34)28(30)37/h4-9,15,18,20,22-23,32,38H,10-12H2,1-3H3,(H2,30,37). The number of phenolic OH excluding ortho intramolecular Hbond substituents is 1. The van der Waals surface area contributed by atoms with Gasteiger partial charge in [0.15, 0.2) is 34.7 Å². The van der Waals surface area contributed by atoms with Gasteiger partial charge in [0.25, 0.3) is 0 Å². The molecule has 3 aliphatic rings. The van der Waals surface area contributed by atoms with E-state index in [9.17, 15) is 34.2 Å². The molecule has 10 nitrogen and oxygen atoms in total. The molecule has 0 spiro atoms. The lowest BCUT2D eigenvalue weighted by Gasteiger charge is -2.52. The molecule has 1 amide bonds. The van der Waals surface area contributed by atoms with Crippen molar-refractivity contribution >= 4 is 29.0 Å². The number of phenols is 1. The van der Waals surface area contributed by atoms with Crippen LogP contribution in [0.25, 0.3) is 11.1 Å². The van der Waals surface area contributed by atoms with Gasteiger partial charge in [-0.3, -0.25) is 28.9 Å². The number of aromatic hydroxyl groups is 1. The van der Waals surface area contributed by atoms with E-state index in [1.807, 2.05) is 24.3 Å². The van der Waals surface area contributed by atoms with Crippen molar-refractivity contribution in [2.75, 3.05) is 21.2 Å². The molecule has 39 heavy (non-hydrogen) atoms. The second kappa shape index (κ2) is 9.48. The summed E-state index contributed by atoms with van der Waals surface area (Å²) in [5, 5.41) is 22.4. The quantitative estimate of drug-likeness (QED) is 0.468. The zero-order valence-electron chi connectivity index (χ0n) is 21.8. The molecule has 204 valence electrons. The van der Waals surface area contributed by atoms with Crippen LogP contribution in [-0.4, -0.2) is 77.0 Å². The molecule has 10 heteroatoms. The van der Waals surface area contributed by atoms with Crippen LogP contribution in [0.3, 0.4) is 0 Å².